The highest BCUT2D eigenvalue weighted by molar-refractivity contribution is 5.33. The Balaban J connectivity index is 1.72. The second kappa shape index (κ2) is 6.00. The van der Waals surface area contributed by atoms with Crippen LogP contribution in [-0.2, 0) is 5.41 Å². The van der Waals surface area contributed by atoms with Crippen molar-refractivity contribution in [2.24, 2.45) is 5.92 Å². The first-order chi connectivity index (χ1) is 10.1. The van der Waals surface area contributed by atoms with Gasteiger partial charge in [0.25, 0.3) is 0 Å². The number of phenols is 1. The van der Waals surface area contributed by atoms with E-state index in [0.29, 0.717) is 11.7 Å². The molecule has 115 valence electrons. The van der Waals surface area contributed by atoms with E-state index < -0.39 is 0 Å². The molecular formula is C19H28NO. The van der Waals surface area contributed by atoms with Crippen molar-refractivity contribution in [1.82, 2.24) is 4.90 Å². The van der Waals surface area contributed by atoms with Crippen LogP contribution in [0.25, 0.3) is 0 Å². The maximum absolute atomic E-state index is 9.79. The average Bonchev–Trinajstić information content (AvgIpc) is 2.51. The molecular weight excluding hydrogens is 258 g/mol. The minimum absolute atomic E-state index is 0.188. The molecule has 3 atom stereocenters. The van der Waals surface area contributed by atoms with Crippen LogP contribution in [0.5, 0.6) is 5.75 Å². The minimum atomic E-state index is 0.188. The van der Waals surface area contributed by atoms with Crippen LogP contribution >= 0.6 is 0 Å². The van der Waals surface area contributed by atoms with E-state index in [0.717, 1.165) is 6.04 Å². The molecule has 1 aliphatic carbocycles. The third kappa shape index (κ3) is 2.96. The first kappa shape index (κ1) is 14.9. The summed E-state index contributed by atoms with van der Waals surface area (Å²) in [6, 6.07) is 8.66. The van der Waals surface area contributed by atoms with Gasteiger partial charge in [-0.15, -0.1) is 0 Å². The first-order valence-electron chi connectivity index (χ1n) is 8.45. The van der Waals surface area contributed by atoms with Gasteiger partial charge in [0.05, 0.1) is 0 Å². The third-order valence-corrected chi connectivity index (χ3v) is 5.92. The molecule has 2 nitrogen and oxygen atoms in total. The van der Waals surface area contributed by atoms with Crippen molar-refractivity contribution in [2.75, 3.05) is 13.1 Å². The van der Waals surface area contributed by atoms with Gasteiger partial charge >= 0.3 is 0 Å². The highest BCUT2D eigenvalue weighted by Gasteiger charge is 2.39. The Morgan fingerprint density at radius 3 is 2.86 bits per heavy atom. The minimum Gasteiger partial charge on any atom is -0.508 e. The third-order valence-electron chi connectivity index (χ3n) is 5.92. The van der Waals surface area contributed by atoms with Gasteiger partial charge in [0, 0.05) is 12.6 Å². The molecule has 0 amide bonds. The summed E-state index contributed by atoms with van der Waals surface area (Å²) in [6.07, 6.45) is 8.97. The number of likely N-dealkylation sites (tertiary alicyclic amines) is 1. The van der Waals surface area contributed by atoms with Gasteiger partial charge in [-0.2, -0.15) is 0 Å². The largest absolute Gasteiger partial charge is 0.508 e. The summed E-state index contributed by atoms with van der Waals surface area (Å²) in [5, 5.41) is 9.79. The smallest absolute Gasteiger partial charge is 0.115 e. The zero-order chi connectivity index (χ0) is 14.9. The number of benzene rings is 1. The van der Waals surface area contributed by atoms with Crippen LogP contribution in [0.1, 0.15) is 51.5 Å². The lowest BCUT2D eigenvalue weighted by atomic mass is 9.67. The van der Waals surface area contributed by atoms with Gasteiger partial charge in [0.1, 0.15) is 5.75 Å². The molecule has 2 heteroatoms. The Morgan fingerprint density at radius 2 is 2.19 bits per heavy atom. The number of phenolic OH excluding ortho intramolecular Hbond substituents is 1. The molecule has 1 radical (unpaired) electrons. The number of aromatic hydroxyl groups is 1. The lowest BCUT2D eigenvalue weighted by Gasteiger charge is -2.48. The van der Waals surface area contributed by atoms with Gasteiger partial charge in [-0.25, -0.2) is 0 Å². The zero-order valence-electron chi connectivity index (χ0n) is 13.4. The van der Waals surface area contributed by atoms with Crippen LogP contribution in [-0.4, -0.2) is 29.1 Å². The Hall–Kier alpha value is -1.02. The van der Waals surface area contributed by atoms with Gasteiger partial charge in [-0.05, 0) is 61.3 Å². The molecule has 1 saturated carbocycles. The van der Waals surface area contributed by atoms with Crippen LogP contribution in [0.4, 0.5) is 0 Å². The highest BCUT2D eigenvalue weighted by Crippen LogP contribution is 2.41. The first-order valence-corrected chi connectivity index (χ1v) is 8.45. The molecule has 1 heterocycles. The summed E-state index contributed by atoms with van der Waals surface area (Å²) in [5.41, 5.74) is 1.48. The number of nitrogens with zero attached hydrogens (tertiary/aromatic N) is 1. The SMILES string of the molecule is CC1CN(C2C[CH]CCC2)CCC1(C)c1cccc(O)c1. The quantitative estimate of drug-likeness (QED) is 0.883. The van der Waals surface area contributed by atoms with Gasteiger partial charge in [0.15, 0.2) is 0 Å². The monoisotopic (exact) mass is 286 g/mol. The Kier molecular flexibility index (Phi) is 4.26. The molecule has 0 bridgehead atoms. The van der Waals surface area contributed by atoms with Gasteiger partial charge in [-0.1, -0.05) is 38.8 Å². The fraction of sp³-hybridized carbons (Fsp3) is 0.632. The maximum Gasteiger partial charge on any atom is 0.115 e. The lowest BCUT2D eigenvalue weighted by Crippen LogP contribution is -2.51. The van der Waals surface area contributed by atoms with E-state index in [1.165, 1.54) is 50.8 Å². The summed E-state index contributed by atoms with van der Waals surface area (Å²) < 4.78 is 0. The molecule has 3 rings (SSSR count). The summed E-state index contributed by atoms with van der Waals surface area (Å²) in [5.74, 6) is 1.01. The van der Waals surface area contributed by atoms with E-state index in [-0.39, 0.29) is 5.41 Å². The number of hydrogen-bond acceptors (Lipinski definition) is 2. The molecule has 2 fully saturated rings. The van der Waals surface area contributed by atoms with E-state index in [1.807, 2.05) is 12.1 Å². The average molecular weight is 286 g/mol. The van der Waals surface area contributed by atoms with Crippen molar-refractivity contribution in [3.8, 4) is 5.75 Å². The van der Waals surface area contributed by atoms with Crippen molar-refractivity contribution in [2.45, 2.75) is 57.4 Å². The van der Waals surface area contributed by atoms with Gasteiger partial charge in [0.2, 0.25) is 0 Å². The van der Waals surface area contributed by atoms with Crippen LogP contribution < -0.4 is 0 Å². The zero-order valence-corrected chi connectivity index (χ0v) is 13.4. The normalized spacial score (nSPS) is 32.2. The Bertz CT molecular complexity index is 480. The predicted molar refractivity (Wildman–Crippen MR) is 87.4 cm³/mol. The van der Waals surface area contributed by atoms with E-state index >= 15 is 0 Å². The summed E-state index contributed by atoms with van der Waals surface area (Å²) in [4.78, 5) is 2.71. The second-order valence-corrected chi connectivity index (χ2v) is 7.22. The molecule has 2 aliphatic rings. The molecule has 0 aromatic heterocycles. The molecule has 1 saturated heterocycles. The van der Waals surface area contributed by atoms with Crippen LogP contribution in [0.15, 0.2) is 24.3 Å². The Labute approximate surface area is 129 Å². The standard InChI is InChI=1S/C19H28NO/c1-15-14-20(17-8-4-3-5-9-17)12-11-19(15,2)16-7-6-10-18(21)13-16/h4,6-7,10,13,15,17,21H,3,5,8-9,11-12,14H2,1-2H3. The predicted octanol–water partition coefficient (Wildman–Crippen LogP) is 4.14. The number of rotatable bonds is 2. The van der Waals surface area contributed by atoms with E-state index in [9.17, 15) is 5.11 Å². The molecule has 3 unspecified atom stereocenters. The summed E-state index contributed by atoms with van der Waals surface area (Å²) >= 11 is 0. The highest BCUT2D eigenvalue weighted by atomic mass is 16.3. The molecule has 1 N–H and O–H groups in total. The van der Waals surface area contributed by atoms with Crippen LogP contribution in [0, 0.1) is 12.3 Å². The van der Waals surface area contributed by atoms with E-state index in [2.05, 4.69) is 31.2 Å². The maximum atomic E-state index is 9.79. The van der Waals surface area contributed by atoms with Crippen molar-refractivity contribution in [3.05, 3.63) is 36.2 Å². The van der Waals surface area contributed by atoms with Crippen molar-refractivity contribution < 1.29 is 5.11 Å². The summed E-state index contributed by atoms with van der Waals surface area (Å²) in [7, 11) is 0. The molecule has 1 aromatic carbocycles. The summed E-state index contributed by atoms with van der Waals surface area (Å²) in [6.45, 7) is 7.12. The molecule has 1 aromatic rings. The molecule has 0 spiro atoms. The number of hydrogen-bond donors (Lipinski definition) is 1. The fourth-order valence-electron chi connectivity index (χ4n) is 4.15. The van der Waals surface area contributed by atoms with Gasteiger partial charge < -0.3 is 10.0 Å². The molecule has 1 aliphatic heterocycles. The van der Waals surface area contributed by atoms with Gasteiger partial charge in [-0.3, -0.25) is 0 Å². The fourth-order valence-corrected chi connectivity index (χ4v) is 4.15. The van der Waals surface area contributed by atoms with Crippen LogP contribution in [0.3, 0.4) is 0 Å². The van der Waals surface area contributed by atoms with Crippen molar-refractivity contribution >= 4 is 0 Å². The van der Waals surface area contributed by atoms with Crippen LogP contribution in [0.2, 0.25) is 0 Å². The second-order valence-electron chi connectivity index (χ2n) is 7.22. The molecule has 21 heavy (non-hydrogen) atoms. The van der Waals surface area contributed by atoms with Crippen molar-refractivity contribution in [3.63, 3.8) is 0 Å². The number of piperidine rings is 1. The Morgan fingerprint density at radius 1 is 1.33 bits per heavy atom. The van der Waals surface area contributed by atoms with E-state index in [4.69, 9.17) is 0 Å². The lowest BCUT2D eigenvalue weighted by molar-refractivity contribution is 0.0654. The topological polar surface area (TPSA) is 23.5 Å². The van der Waals surface area contributed by atoms with Crippen molar-refractivity contribution in [1.29, 1.82) is 0 Å². The van der Waals surface area contributed by atoms with E-state index in [1.54, 1.807) is 6.07 Å².